The molecule has 1 aliphatic rings. The lowest BCUT2D eigenvalue weighted by Gasteiger charge is -2.15. The molecule has 0 saturated carbocycles. The lowest BCUT2D eigenvalue weighted by atomic mass is 10.1. The quantitative estimate of drug-likeness (QED) is 0.789. The van der Waals surface area contributed by atoms with Crippen LogP contribution in [0.3, 0.4) is 0 Å². The first-order valence-corrected chi connectivity index (χ1v) is 7.55. The third kappa shape index (κ3) is 3.38. The van der Waals surface area contributed by atoms with E-state index in [1.807, 2.05) is 30.3 Å². The zero-order valence-corrected chi connectivity index (χ0v) is 13.0. The number of nitrogen functional groups attached to an aromatic ring is 1. The van der Waals surface area contributed by atoms with E-state index in [1.165, 1.54) is 16.8 Å². The Morgan fingerprint density at radius 1 is 1.33 bits per heavy atom. The van der Waals surface area contributed by atoms with E-state index in [2.05, 4.69) is 11.6 Å². The number of nitrogens with zero attached hydrogens (tertiary/aromatic N) is 2. The molecule has 126 valence electrons. The normalized spacial score (nSPS) is 23.5. The molecular formula is C17H19N3O4. The maximum Gasteiger partial charge on any atom is 0.351 e. The Bertz CT molecular complexity index is 775. The van der Waals surface area contributed by atoms with Crippen LogP contribution in [0.15, 0.2) is 59.5 Å². The molecule has 2 heterocycles. The maximum absolute atomic E-state index is 11.9. The number of rotatable bonds is 5. The van der Waals surface area contributed by atoms with E-state index in [1.54, 1.807) is 0 Å². The number of nitrogens with two attached hydrogens (primary N) is 1. The highest BCUT2D eigenvalue weighted by molar-refractivity contribution is 5.25. The molecule has 1 aliphatic heterocycles. The van der Waals surface area contributed by atoms with Crippen LogP contribution >= 0.6 is 0 Å². The fourth-order valence-electron chi connectivity index (χ4n) is 2.56. The molecule has 1 saturated heterocycles. The average Bonchev–Trinajstić information content (AvgIpc) is 2.84. The van der Waals surface area contributed by atoms with Crippen LogP contribution in [0.2, 0.25) is 0 Å². The molecule has 3 atom stereocenters. The molecule has 0 bridgehead atoms. The number of anilines is 1. The molecule has 1 aromatic heterocycles. The topological polar surface area (TPSA) is 99.6 Å². The lowest BCUT2D eigenvalue weighted by Crippen LogP contribution is -2.28. The Morgan fingerprint density at radius 3 is 2.79 bits per heavy atom. The number of aliphatic hydroxyl groups excluding tert-OH is 1. The van der Waals surface area contributed by atoms with Crippen LogP contribution in [0, 0.1) is 0 Å². The summed E-state index contributed by atoms with van der Waals surface area (Å²) in [5.74, 6) is 0.128. The number of ether oxygens (including phenoxy) is 2. The lowest BCUT2D eigenvalue weighted by molar-refractivity contribution is -0.0660. The molecule has 7 nitrogen and oxygen atoms in total. The highest BCUT2D eigenvalue weighted by atomic mass is 16.6. The predicted octanol–water partition coefficient (Wildman–Crippen LogP) is 0.857. The van der Waals surface area contributed by atoms with Gasteiger partial charge in [0.25, 0.3) is 0 Å². The summed E-state index contributed by atoms with van der Waals surface area (Å²) >= 11 is 0. The Morgan fingerprint density at radius 2 is 2.08 bits per heavy atom. The standard InChI is InChI=1S/C17H19N3O4/c1-11-15(21)13(10-23-9-12-5-3-2-4-6-12)24-16(11)20-8-7-14(18)19-17(20)22/h2-8,13,15-16,21H,1,9-10H2,(H2,18,19,22)/t13-,15+,16-/m1/s1. The molecule has 3 N–H and O–H groups in total. The van der Waals surface area contributed by atoms with Gasteiger partial charge in [-0.15, -0.1) is 0 Å². The molecule has 0 radical (unpaired) electrons. The van der Waals surface area contributed by atoms with E-state index in [-0.39, 0.29) is 12.4 Å². The smallest absolute Gasteiger partial charge is 0.351 e. The second-order valence-corrected chi connectivity index (χ2v) is 5.59. The molecule has 3 rings (SSSR count). The van der Waals surface area contributed by atoms with Crippen molar-refractivity contribution in [3.8, 4) is 0 Å². The molecule has 0 amide bonds. The minimum atomic E-state index is -0.921. The van der Waals surface area contributed by atoms with Gasteiger partial charge in [-0.2, -0.15) is 4.98 Å². The summed E-state index contributed by atoms with van der Waals surface area (Å²) in [4.78, 5) is 15.6. The van der Waals surface area contributed by atoms with Crippen molar-refractivity contribution in [2.45, 2.75) is 25.0 Å². The minimum absolute atomic E-state index is 0.128. The van der Waals surface area contributed by atoms with E-state index in [0.29, 0.717) is 12.2 Å². The Kier molecular flexibility index (Phi) is 4.75. The van der Waals surface area contributed by atoms with Crippen LogP contribution in [0.4, 0.5) is 5.82 Å². The number of aliphatic hydroxyl groups is 1. The van der Waals surface area contributed by atoms with Crippen LogP contribution in [-0.4, -0.2) is 33.5 Å². The molecule has 1 fully saturated rings. The summed E-state index contributed by atoms with van der Waals surface area (Å²) in [5.41, 5.74) is 6.34. The second-order valence-electron chi connectivity index (χ2n) is 5.59. The Balaban J connectivity index is 1.64. The van der Waals surface area contributed by atoms with Gasteiger partial charge in [-0.1, -0.05) is 36.9 Å². The summed E-state index contributed by atoms with van der Waals surface area (Å²) in [5, 5.41) is 10.3. The van der Waals surface area contributed by atoms with Gasteiger partial charge in [0.2, 0.25) is 0 Å². The largest absolute Gasteiger partial charge is 0.386 e. The first kappa shape index (κ1) is 16.4. The van der Waals surface area contributed by atoms with Crippen molar-refractivity contribution < 1.29 is 14.6 Å². The van der Waals surface area contributed by atoms with Gasteiger partial charge < -0.3 is 20.3 Å². The van der Waals surface area contributed by atoms with Gasteiger partial charge >= 0.3 is 5.69 Å². The van der Waals surface area contributed by atoms with E-state index in [9.17, 15) is 9.90 Å². The average molecular weight is 329 g/mol. The number of benzene rings is 1. The zero-order valence-electron chi connectivity index (χ0n) is 13.0. The monoisotopic (exact) mass is 329 g/mol. The SMILES string of the molecule is C=C1[C@H](n2ccc(N)nc2=O)O[C@H](COCc2ccccc2)[C@H]1O. The molecule has 1 aromatic carbocycles. The van der Waals surface area contributed by atoms with Crippen LogP contribution in [-0.2, 0) is 16.1 Å². The van der Waals surface area contributed by atoms with Crippen molar-refractivity contribution in [3.63, 3.8) is 0 Å². The van der Waals surface area contributed by atoms with Crippen molar-refractivity contribution in [3.05, 3.63) is 70.8 Å². The maximum atomic E-state index is 11.9. The van der Waals surface area contributed by atoms with Gasteiger partial charge in [0.15, 0.2) is 6.23 Å². The molecule has 0 spiro atoms. The van der Waals surface area contributed by atoms with Gasteiger partial charge in [0.05, 0.1) is 13.2 Å². The molecule has 2 aromatic rings. The summed E-state index contributed by atoms with van der Waals surface area (Å²) in [7, 11) is 0. The van der Waals surface area contributed by atoms with Gasteiger partial charge in [0.1, 0.15) is 18.0 Å². The molecular weight excluding hydrogens is 310 g/mol. The highest BCUT2D eigenvalue weighted by Gasteiger charge is 2.39. The fourth-order valence-corrected chi connectivity index (χ4v) is 2.56. The second kappa shape index (κ2) is 6.96. The van der Waals surface area contributed by atoms with Crippen LogP contribution in [0.25, 0.3) is 0 Å². The summed E-state index contributed by atoms with van der Waals surface area (Å²) in [6, 6.07) is 11.2. The highest BCUT2D eigenvalue weighted by Crippen LogP contribution is 2.32. The van der Waals surface area contributed by atoms with Crippen LogP contribution in [0.5, 0.6) is 0 Å². The first-order valence-electron chi connectivity index (χ1n) is 7.55. The fraction of sp³-hybridized carbons (Fsp3) is 0.294. The minimum Gasteiger partial charge on any atom is -0.386 e. The van der Waals surface area contributed by atoms with Crippen molar-refractivity contribution in [1.29, 1.82) is 0 Å². The summed E-state index contributed by atoms with van der Waals surface area (Å²) in [6.07, 6.45) is -0.836. The van der Waals surface area contributed by atoms with Gasteiger partial charge in [-0.05, 0) is 11.6 Å². The number of aromatic nitrogens is 2. The Labute approximate surface area is 139 Å². The van der Waals surface area contributed by atoms with Crippen molar-refractivity contribution in [2.75, 3.05) is 12.3 Å². The van der Waals surface area contributed by atoms with Gasteiger partial charge in [0, 0.05) is 11.8 Å². The van der Waals surface area contributed by atoms with E-state index >= 15 is 0 Å². The summed E-state index contributed by atoms with van der Waals surface area (Å²) < 4.78 is 12.6. The van der Waals surface area contributed by atoms with Crippen LogP contribution < -0.4 is 11.4 Å². The van der Waals surface area contributed by atoms with E-state index < -0.39 is 24.1 Å². The number of hydrogen-bond donors (Lipinski definition) is 2. The van der Waals surface area contributed by atoms with Gasteiger partial charge in [-0.25, -0.2) is 4.79 Å². The van der Waals surface area contributed by atoms with Crippen molar-refractivity contribution >= 4 is 5.82 Å². The zero-order chi connectivity index (χ0) is 17.1. The van der Waals surface area contributed by atoms with E-state index in [4.69, 9.17) is 15.2 Å². The third-order valence-electron chi connectivity index (χ3n) is 3.85. The van der Waals surface area contributed by atoms with Crippen molar-refractivity contribution in [2.24, 2.45) is 0 Å². The molecule has 24 heavy (non-hydrogen) atoms. The summed E-state index contributed by atoms with van der Waals surface area (Å²) in [6.45, 7) is 4.42. The molecule has 0 unspecified atom stereocenters. The predicted molar refractivity (Wildman–Crippen MR) is 88.1 cm³/mol. The number of hydrogen-bond acceptors (Lipinski definition) is 6. The molecule has 7 heteroatoms. The Hall–Kier alpha value is -2.48. The third-order valence-corrected chi connectivity index (χ3v) is 3.85. The van der Waals surface area contributed by atoms with Crippen molar-refractivity contribution in [1.82, 2.24) is 9.55 Å². The van der Waals surface area contributed by atoms with Crippen LogP contribution in [0.1, 0.15) is 11.8 Å². The van der Waals surface area contributed by atoms with Gasteiger partial charge in [-0.3, -0.25) is 4.57 Å². The molecule has 0 aliphatic carbocycles. The van der Waals surface area contributed by atoms with E-state index in [0.717, 1.165) is 5.56 Å². The first-order chi connectivity index (χ1) is 11.6.